The molecule has 0 N–H and O–H groups in total. The van der Waals surface area contributed by atoms with Gasteiger partial charge in [-0.1, -0.05) is 48.0 Å². The molecule has 0 saturated carbocycles. The van der Waals surface area contributed by atoms with Crippen LogP contribution >= 0.6 is 35.0 Å². The summed E-state index contributed by atoms with van der Waals surface area (Å²) in [7, 11) is 0. The maximum atomic E-state index is 12.8. The number of ether oxygens (including phenoxy) is 2. The Morgan fingerprint density at radius 3 is 2.59 bits per heavy atom. The molecule has 5 nitrogen and oxygen atoms in total. The zero-order valence-electron chi connectivity index (χ0n) is 15.5. The lowest BCUT2D eigenvalue weighted by atomic mass is 10.1. The summed E-state index contributed by atoms with van der Waals surface area (Å²) in [5, 5.41) is 0.229. The van der Waals surface area contributed by atoms with Crippen molar-refractivity contribution in [1.82, 2.24) is 0 Å². The monoisotopic (exact) mass is 449 g/mol. The number of imide groups is 1. The Morgan fingerprint density at radius 1 is 1.14 bits per heavy atom. The third kappa shape index (κ3) is 4.61. The van der Waals surface area contributed by atoms with E-state index < -0.39 is 11.1 Å². The number of hydrogen-bond donors (Lipinski definition) is 0. The van der Waals surface area contributed by atoms with Gasteiger partial charge in [0.15, 0.2) is 11.5 Å². The lowest BCUT2D eigenvalue weighted by Gasteiger charge is -2.14. The number of thioether (sulfide) groups is 1. The Bertz CT molecular complexity index is 1010. The third-order valence-corrected chi connectivity index (χ3v) is 5.33. The van der Waals surface area contributed by atoms with E-state index in [1.54, 1.807) is 48.6 Å². The summed E-state index contributed by atoms with van der Waals surface area (Å²) in [6.45, 7) is 6.14. The molecule has 2 amide bonds. The number of carbonyl (C=O) groups excluding carboxylic acids is 2. The number of halogens is 2. The van der Waals surface area contributed by atoms with E-state index in [0.717, 1.165) is 16.7 Å². The lowest BCUT2D eigenvalue weighted by molar-refractivity contribution is -0.113. The quantitative estimate of drug-likeness (QED) is 0.372. The summed E-state index contributed by atoms with van der Waals surface area (Å²) in [6, 6.07) is 10.0. The number of para-hydroxylation sites is 1. The minimum Gasteiger partial charge on any atom is -0.490 e. The topological polar surface area (TPSA) is 55.8 Å². The normalized spacial score (nSPS) is 15.1. The average molecular weight is 450 g/mol. The number of amides is 2. The largest absolute Gasteiger partial charge is 0.490 e. The Balaban J connectivity index is 1.96. The highest BCUT2D eigenvalue weighted by Gasteiger charge is 2.37. The van der Waals surface area contributed by atoms with Crippen molar-refractivity contribution in [1.29, 1.82) is 0 Å². The first kappa shape index (κ1) is 21.3. The van der Waals surface area contributed by atoms with Crippen LogP contribution in [0.3, 0.4) is 0 Å². The van der Waals surface area contributed by atoms with Crippen LogP contribution in [0.15, 0.2) is 54.0 Å². The van der Waals surface area contributed by atoms with Crippen LogP contribution in [0, 0.1) is 0 Å². The van der Waals surface area contributed by atoms with Crippen molar-refractivity contribution in [2.24, 2.45) is 0 Å². The van der Waals surface area contributed by atoms with Gasteiger partial charge in [-0.15, -0.1) is 0 Å². The summed E-state index contributed by atoms with van der Waals surface area (Å²) in [4.78, 5) is 26.6. The van der Waals surface area contributed by atoms with E-state index in [1.807, 2.05) is 6.92 Å². The molecule has 0 spiro atoms. The van der Waals surface area contributed by atoms with Crippen molar-refractivity contribution < 1.29 is 19.1 Å². The van der Waals surface area contributed by atoms with Gasteiger partial charge in [-0.25, -0.2) is 4.90 Å². The van der Waals surface area contributed by atoms with Gasteiger partial charge in [-0.3, -0.25) is 9.59 Å². The van der Waals surface area contributed by atoms with Crippen molar-refractivity contribution in [2.75, 3.05) is 18.1 Å². The molecular weight excluding hydrogens is 433 g/mol. The zero-order valence-corrected chi connectivity index (χ0v) is 17.8. The molecule has 0 aliphatic carbocycles. The Hall–Kier alpha value is -2.41. The van der Waals surface area contributed by atoms with Crippen LogP contribution < -0.4 is 14.4 Å². The van der Waals surface area contributed by atoms with E-state index >= 15 is 0 Å². The predicted molar refractivity (Wildman–Crippen MR) is 118 cm³/mol. The van der Waals surface area contributed by atoms with Crippen LogP contribution in [0.25, 0.3) is 6.08 Å². The highest BCUT2D eigenvalue weighted by molar-refractivity contribution is 8.19. The molecule has 0 unspecified atom stereocenters. The van der Waals surface area contributed by atoms with Gasteiger partial charge in [-0.2, -0.15) is 0 Å². The standard InChI is InChI=1S/C21H17Cl2NO4S/c1-3-9-28-19-15(23)10-13(11-17(19)27-4-2)12-18-20(25)24(21(26)29-18)16-8-6-5-7-14(16)22/h3,5-8,10-12H,1,4,9H2,2H3/b18-12-. The molecule has 3 rings (SSSR count). The summed E-state index contributed by atoms with van der Waals surface area (Å²) in [5.74, 6) is 0.391. The van der Waals surface area contributed by atoms with Crippen LogP contribution in [-0.4, -0.2) is 24.4 Å². The third-order valence-electron chi connectivity index (χ3n) is 3.86. The molecule has 150 valence electrons. The van der Waals surface area contributed by atoms with E-state index in [0.29, 0.717) is 39.4 Å². The van der Waals surface area contributed by atoms with Gasteiger partial charge < -0.3 is 9.47 Å². The Morgan fingerprint density at radius 2 is 1.90 bits per heavy atom. The second-order valence-corrected chi connectivity index (χ2v) is 7.64. The molecule has 1 fully saturated rings. The van der Waals surface area contributed by atoms with Gasteiger partial charge in [0.05, 0.1) is 27.2 Å². The van der Waals surface area contributed by atoms with Crippen LogP contribution in [0.5, 0.6) is 11.5 Å². The molecule has 1 saturated heterocycles. The molecule has 2 aromatic rings. The number of hydrogen-bond acceptors (Lipinski definition) is 5. The van der Waals surface area contributed by atoms with Crippen molar-refractivity contribution in [2.45, 2.75) is 6.92 Å². The van der Waals surface area contributed by atoms with Crippen molar-refractivity contribution in [3.63, 3.8) is 0 Å². The van der Waals surface area contributed by atoms with E-state index in [4.69, 9.17) is 32.7 Å². The van der Waals surface area contributed by atoms with E-state index in [9.17, 15) is 9.59 Å². The number of benzene rings is 2. The first-order valence-electron chi connectivity index (χ1n) is 8.68. The van der Waals surface area contributed by atoms with Crippen LogP contribution in [-0.2, 0) is 4.79 Å². The van der Waals surface area contributed by atoms with Crippen molar-refractivity contribution in [3.05, 3.63) is 69.6 Å². The maximum absolute atomic E-state index is 12.8. The average Bonchev–Trinajstić information content (AvgIpc) is 2.95. The molecule has 8 heteroatoms. The molecular formula is C21H17Cl2NO4S. The molecule has 29 heavy (non-hydrogen) atoms. The van der Waals surface area contributed by atoms with Gasteiger partial charge in [0.1, 0.15) is 6.61 Å². The smallest absolute Gasteiger partial charge is 0.298 e. The second-order valence-electron chi connectivity index (χ2n) is 5.83. The molecule has 2 aromatic carbocycles. The fourth-order valence-corrected chi connectivity index (χ4v) is 4.00. The first-order chi connectivity index (χ1) is 14.0. The number of rotatable bonds is 7. The number of carbonyl (C=O) groups is 2. The highest BCUT2D eigenvalue weighted by Crippen LogP contribution is 2.41. The molecule has 0 bridgehead atoms. The highest BCUT2D eigenvalue weighted by atomic mass is 35.5. The fourth-order valence-electron chi connectivity index (χ4n) is 2.68. The van der Waals surface area contributed by atoms with Gasteiger partial charge in [0, 0.05) is 0 Å². The Kier molecular flexibility index (Phi) is 6.90. The summed E-state index contributed by atoms with van der Waals surface area (Å²) >= 11 is 13.3. The molecule has 0 radical (unpaired) electrons. The fraction of sp³-hybridized carbons (Fsp3) is 0.143. The molecule has 1 heterocycles. The molecule has 1 aliphatic heterocycles. The number of nitrogens with zero attached hydrogens (tertiary/aromatic N) is 1. The van der Waals surface area contributed by atoms with E-state index in [1.165, 1.54) is 0 Å². The second kappa shape index (κ2) is 9.39. The van der Waals surface area contributed by atoms with Gasteiger partial charge in [0.25, 0.3) is 11.1 Å². The molecule has 0 aromatic heterocycles. The lowest BCUT2D eigenvalue weighted by Crippen LogP contribution is -2.27. The van der Waals surface area contributed by atoms with Crippen LogP contribution in [0.2, 0.25) is 10.0 Å². The molecule has 0 atom stereocenters. The van der Waals surface area contributed by atoms with Gasteiger partial charge >= 0.3 is 0 Å². The van der Waals surface area contributed by atoms with Crippen molar-refractivity contribution >= 4 is 57.9 Å². The van der Waals surface area contributed by atoms with Crippen LogP contribution in [0.4, 0.5) is 10.5 Å². The summed E-state index contributed by atoms with van der Waals surface area (Å²) in [6.07, 6.45) is 3.19. The zero-order chi connectivity index (χ0) is 21.0. The minimum atomic E-state index is -0.450. The number of anilines is 1. The summed E-state index contributed by atoms with van der Waals surface area (Å²) < 4.78 is 11.2. The minimum absolute atomic E-state index is 0.258. The van der Waals surface area contributed by atoms with Gasteiger partial charge in [-0.05, 0) is 54.6 Å². The predicted octanol–water partition coefficient (Wildman–Crippen LogP) is 6.20. The molecule has 1 aliphatic rings. The first-order valence-corrected chi connectivity index (χ1v) is 10.3. The SMILES string of the molecule is C=CCOc1c(Cl)cc(/C=C2\SC(=O)N(c3ccccc3Cl)C2=O)cc1OCC. The van der Waals surface area contributed by atoms with Crippen LogP contribution in [0.1, 0.15) is 12.5 Å². The maximum Gasteiger partial charge on any atom is 0.298 e. The van der Waals surface area contributed by atoms with E-state index in [-0.39, 0.29) is 11.5 Å². The Labute approximate surface area is 182 Å². The van der Waals surface area contributed by atoms with Crippen molar-refractivity contribution in [3.8, 4) is 11.5 Å². The van der Waals surface area contributed by atoms with E-state index in [2.05, 4.69) is 6.58 Å². The van der Waals surface area contributed by atoms with Gasteiger partial charge in [0.2, 0.25) is 0 Å². The summed E-state index contributed by atoms with van der Waals surface area (Å²) in [5.41, 5.74) is 0.954.